The average Bonchev–Trinajstić information content (AvgIpc) is 3.26. The third kappa shape index (κ3) is 5.30. The summed E-state index contributed by atoms with van der Waals surface area (Å²) in [5.41, 5.74) is 2.35. The Labute approximate surface area is 208 Å². The van der Waals surface area contributed by atoms with Gasteiger partial charge in [-0.25, -0.2) is 13.4 Å². The number of nitrogens with one attached hydrogen (secondary N) is 1. The number of fused-ring (bicyclic) bond motifs is 1. The molecular formula is C24H23ClN4O3S2. The van der Waals surface area contributed by atoms with Gasteiger partial charge in [-0.2, -0.15) is 5.26 Å². The van der Waals surface area contributed by atoms with Gasteiger partial charge in [-0.1, -0.05) is 49.3 Å². The van der Waals surface area contributed by atoms with Gasteiger partial charge < -0.3 is 10.2 Å². The van der Waals surface area contributed by atoms with Crippen molar-refractivity contribution in [1.82, 2.24) is 0 Å². The highest BCUT2D eigenvalue weighted by Gasteiger charge is 2.49. The molecule has 0 saturated carbocycles. The molecular weight excluding hydrogens is 492 g/mol. The van der Waals surface area contributed by atoms with Crippen molar-refractivity contribution < 1.29 is 13.2 Å². The molecule has 0 bridgehead atoms. The van der Waals surface area contributed by atoms with Crippen molar-refractivity contribution in [3.05, 3.63) is 70.9 Å². The number of rotatable bonds is 5. The van der Waals surface area contributed by atoms with Crippen molar-refractivity contribution >= 4 is 55.6 Å². The molecule has 0 aromatic heterocycles. The van der Waals surface area contributed by atoms with Crippen molar-refractivity contribution in [3.63, 3.8) is 0 Å². The number of nitriles is 1. The lowest BCUT2D eigenvalue weighted by atomic mass is 10.0. The Balaban J connectivity index is 1.62. The minimum Gasteiger partial charge on any atom is -0.321 e. The summed E-state index contributed by atoms with van der Waals surface area (Å²) in [6.45, 7) is 4.22. The Morgan fingerprint density at radius 1 is 1.21 bits per heavy atom. The van der Waals surface area contributed by atoms with Crippen LogP contribution in [-0.4, -0.2) is 42.3 Å². The van der Waals surface area contributed by atoms with E-state index in [0.717, 1.165) is 5.69 Å². The fourth-order valence-corrected chi connectivity index (χ4v) is 7.90. The summed E-state index contributed by atoms with van der Waals surface area (Å²) in [6.07, 6.45) is 1.23. The maximum absolute atomic E-state index is 12.6. The normalized spacial score (nSPS) is 22.6. The van der Waals surface area contributed by atoms with Gasteiger partial charge in [0, 0.05) is 21.6 Å². The second-order valence-electron chi connectivity index (χ2n) is 8.44. The van der Waals surface area contributed by atoms with Gasteiger partial charge >= 0.3 is 0 Å². The van der Waals surface area contributed by atoms with E-state index in [4.69, 9.17) is 11.6 Å². The minimum absolute atomic E-state index is 0.0431. The summed E-state index contributed by atoms with van der Waals surface area (Å²) in [4.78, 5) is 18.9. The average molecular weight is 515 g/mol. The topological polar surface area (TPSA) is 103 Å². The van der Waals surface area contributed by atoms with E-state index in [9.17, 15) is 18.5 Å². The number of nitrogens with zero attached hydrogens (tertiary/aromatic N) is 3. The molecule has 0 spiro atoms. The van der Waals surface area contributed by atoms with Crippen molar-refractivity contribution in [2.75, 3.05) is 21.7 Å². The molecule has 10 heteroatoms. The highest BCUT2D eigenvalue weighted by Crippen LogP contribution is 2.41. The number of amides is 1. The summed E-state index contributed by atoms with van der Waals surface area (Å²) in [6, 6.07) is 16.1. The van der Waals surface area contributed by atoms with E-state index in [2.05, 4.69) is 24.2 Å². The van der Waals surface area contributed by atoms with E-state index >= 15 is 0 Å². The molecule has 7 nitrogen and oxygen atoms in total. The van der Waals surface area contributed by atoms with Crippen LogP contribution in [0.4, 0.5) is 11.4 Å². The van der Waals surface area contributed by atoms with Crippen molar-refractivity contribution in [2.45, 2.75) is 31.1 Å². The molecule has 2 saturated heterocycles. The first-order valence-electron chi connectivity index (χ1n) is 10.7. The van der Waals surface area contributed by atoms with Gasteiger partial charge in [-0.05, 0) is 47.9 Å². The molecule has 2 aromatic rings. The first-order chi connectivity index (χ1) is 16.2. The van der Waals surface area contributed by atoms with E-state index in [-0.39, 0.29) is 28.4 Å². The lowest BCUT2D eigenvalue weighted by molar-refractivity contribution is -0.112. The molecule has 1 amide bonds. The molecule has 176 valence electrons. The van der Waals surface area contributed by atoms with Gasteiger partial charge in [-0.3, -0.25) is 4.79 Å². The van der Waals surface area contributed by atoms with Crippen molar-refractivity contribution in [1.29, 1.82) is 5.26 Å². The number of sulfone groups is 1. The number of benzene rings is 2. The fourth-order valence-electron chi connectivity index (χ4n) is 3.89. The van der Waals surface area contributed by atoms with E-state index in [0.29, 0.717) is 21.8 Å². The van der Waals surface area contributed by atoms with E-state index in [1.165, 1.54) is 23.5 Å². The molecule has 0 aliphatic carbocycles. The molecule has 2 atom stereocenters. The summed E-state index contributed by atoms with van der Waals surface area (Å²) in [5, 5.41) is 13.1. The van der Waals surface area contributed by atoms with Crippen LogP contribution in [0, 0.1) is 11.3 Å². The number of thioether (sulfide) groups is 1. The number of carbonyl (C=O) groups excluding carboxylic acids is 1. The first kappa shape index (κ1) is 24.3. The second-order valence-corrected chi connectivity index (χ2v) is 12.2. The number of amidine groups is 1. The zero-order valence-corrected chi connectivity index (χ0v) is 21.0. The number of halogens is 1. The van der Waals surface area contributed by atoms with E-state index in [1.54, 1.807) is 24.3 Å². The zero-order valence-electron chi connectivity index (χ0n) is 18.6. The van der Waals surface area contributed by atoms with Gasteiger partial charge in [0.2, 0.25) is 0 Å². The zero-order chi connectivity index (χ0) is 24.5. The van der Waals surface area contributed by atoms with Crippen LogP contribution in [0.25, 0.3) is 0 Å². The molecule has 2 fully saturated rings. The minimum atomic E-state index is -3.14. The smallest absolute Gasteiger partial charge is 0.267 e. The number of hydrogen-bond acceptors (Lipinski definition) is 6. The summed E-state index contributed by atoms with van der Waals surface area (Å²) >= 11 is 7.23. The van der Waals surface area contributed by atoms with Gasteiger partial charge in [0.05, 0.1) is 23.7 Å². The molecule has 34 heavy (non-hydrogen) atoms. The van der Waals surface area contributed by atoms with Crippen LogP contribution in [0.3, 0.4) is 0 Å². The van der Waals surface area contributed by atoms with Crippen LogP contribution in [0.1, 0.15) is 25.3 Å². The van der Waals surface area contributed by atoms with Crippen LogP contribution >= 0.6 is 23.4 Å². The van der Waals surface area contributed by atoms with Crippen LogP contribution in [0.5, 0.6) is 0 Å². The SMILES string of the molecule is CC(C)c1ccc(N2C(=N/C=C(\C#N)C(=O)Nc3ccc(Cl)cc3)SC3CS(=O)(=O)CC32)cc1. The van der Waals surface area contributed by atoms with Crippen LogP contribution in [0.15, 0.2) is 65.3 Å². The predicted molar refractivity (Wildman–Crippen MR) is 138 cm³/mol. The first-order valence-corrected chi connectivity index (χ1v) is 13.8. The quantitative estimate of drug-likeness (QED) is 0.462. The van der Waals surface area contributed by atoms with Gasteiger partial charge in [0.25, 0.3) is 5.91 Å². The third-order valence-electron chi connectivity index (χ3n) is 5.68. The van der Waals surface area contributed by atoms with Crippen molar-refractivity contribution in [3.8, 4) is 6.07 Å². The van der Waals surface area contributed by atoms with Crippen LogP contribution in [-0.2, 0) is 14.6 Å². The monoisotopic (exact) mass is 514 g/mol. The molecule has 2 aliphatic heterocycles. The highest BCUT2D eigenvalue weighted by atomic mass is 35.5. The maximum atomic E-state index is 12.6. The van der Waals surface area contributed by atoms with Crippen molar-refractivity contribution in [2.24, 2.45) is 4.99 Å². The molecule has 2 aliphatic rings. The van der Waals surface area contributed by atoms with Gasteiger partial charge in [0.1, 0.15) is 11.6 Å². The Hall–Kier alpha value is -2.80. The lowest BCUT2D eigenvalue weighted by Crippen LogP contribution is -2.37. The molecule has 2 heterocycles. The Bertz CT molecular complexity index is 1300. The Morgan fingerprint density at radius 2 is 1.88 bits per heavy atom. The van der Waals surface area contributed by atoms with E-state index in [1.807, 2.05) is 35.2 Å². The van der Waals surface area contributed by atoms with E-state index < -0.39 is 15.7 Å². The maximum Gasteiger partial charge on any atom is 0.267 e. The Kier molecular flexibility index (Phi) is 7.03. The summed E-state index contributed by atoms with van der Waals surface area (Å²) < 4.78 is 24.5. The molecule has 1 N–H and O–H groups in total. The summed E-state index contributed by atoms with van der Waals surface area (Å²) in [5.74, 6) is -0.0993. The lowest BCUT2D eigenvalue weighted by Gasteiger charge is -2.25. The largest absolute Gasteiger partial charge is 0.321 e. The molecule has 4 rings (SSSR count). The number of aliphatic imine (C=N–C) groups is 1. The van der Waals surface area contributed by atoms with Gasteiger partial charge in [0.15, 0.2) is 15.0 Å². The highest BCUT2D eigenvalue weighted by molar-refractivity contribution is 8.16. The predicted octanol–water partition coefficient (Wildman–Crippen LogP) is 4.58. The van der Waals surface area contributed by atoms with Crippen LogP contribution < -0.4 is 10.2 Å². The second kappa shape index (κ2) is 9.82. The van der Waals surface area contributed by atoms with Crippen LogP contribution in [0.2, 0.25) is 5.02 Å². The number of anilines is 2. The molecule has 0 radical (unpaired) electrons. The Morgan fingerprint density at radius 3 is 2.50 bits per heavy atom. The third-order valence-corrected chi connectivity index (χ3v) is 9.15. The summed E-state index contributed by atoms with van der Waals surface area (Å²) in [7, 11) is -3.14. The molecule has 2 unspecified atom stereocenters. The standard InChI is InChI=1S/C24H23ClN4O3S2/c1-15(2)16-3-9-20(10-4-16)29-21-13-34(31,32)14-22(21)33-24(29)27-12-17(11-26)23(30)28-19-7-5-18(25)6-8-19/h3-10,12,15,21-22H,13-14H2,1-2H3,(H,28,30)/b17-12+,27-24?. The molecule has 2 aromatic carbocycles. The number of carbonyl (C=O) groups is 1. The van der Waals surface area contributed by atoms with Gasteiger partial charge in [-0.15, -0.1) is 0 Å². The number of hydrogen-bond donors (Lipinski definition) is 1. The fraction of sp³-hybridized carbons (Fsp3) is 0.292.